The predicted molar refractivity (Wildman–Crippen MR) is 82.0 cm³/mol. The van der Waals surface area contributed by atoms with E-state index in [0.717, 1.165) is 0 Å². The van der Waals surface area contributed by atoms with E-state index in [1.165, 1.54) is 0 Å². The molecule has 0 spiro atoms. The Hall–Kier alpha value is -1.75. The number of nitrogens with one attached hydrogen (secondary N) is 1. The van der Waals surface area contributed by atoms with Crippen LogP contribution >= 0.6 is 0 Å². The Bertz CT molecular complexity index is 475. The Morgan fingerprint density at radius 1 is 1.33 bits per heavy atom. The number of rotatable bonds is 8. The van der Waals surface area contributed by atoms with Crippen LogP contribution in [-0.2, 0) is 4.79 Å². The lowest BCUT2D eigenvalue weighted by atomic mass is 9.94. The zero-order valence-corrected chi connectivity index (χ0v) is 13.3. The Kier molecular flexibility index (Phi) is 6.03. The van der Waals surface area contributed by atoms with Gasteiger partial charge >= 0.3 is 5.97 Å². The Morgan fingerprint density at radius 2 is 1.95 bits per heavy atom. The first-order valence-electron chi connectivity index (χ1n) is 7.08. The zero-order chi connectivity index (χ0) is 16.0. The van der Waals surface area contributed by atoms with Gasteiger partial charge in [-0.15, -0.1) is 0 Å². The molecule has 5 nitrogen and oxygen atoms in total. The molecule has 0 aliphatic carbocycles. The maximum Gasteiger partial charge on any atom is 0.323 e. The summed E-state index contributed by atoms with van der Waals surface area (Å²) in [5.41, 5.74) is -1.02. The Morgan fingerprint density at radius 3 is 2.48 bits per heavy atom. The Labute approximate surface area is 126 Å². The maximum absolute atomic E-state index is 11.5. The van der Waals surface area contributed by atoms with Crippen LogP contribution in [0, 0.1) is 0 Å². The Balaban J connectivity index is 2.73. The molecule has 1 aromatic carbocycles. The lowest BCUT2D eigenvalue weighted by Crippen LogP contribution is -2.54. The molecule has 2 N–H and O–H groups in total. The van der Waals surface area contributed by atoms with E-state index < -0.39 is 11.5 Å². The van der Waals surface area contributed by atoms with Gasteiger partial charge in [-0.25, -0.2) is 0 Å². The fraction of sp³-hybridized carbons (Fsp3) is 0.562. The summed E-state index contributed by atoms with van der Waals surface area (Å²) in [6.45, 7) is 7.40. The van der Waals surface area contributed by atoms with Crippen molar-refractivity contribution >= 4 is 5.97 Å². The van der Waals surface area contributed by atoms with E-state index >= 15 is 0 Å². The highest BCUT2D eigenvalue weighted by molar-refractivity contribution is 5.78. The van der Waals surface area contributed by atoms with Crippen LogP contribution in [0.1, 0.15) is 34.1 Å². The van der Waals surface area contributed by atoms with Crippen molar-refractivity contribution in [3.05, 3.63) is 24.3 Å². The highest BCUT2D eigenvalue weighted by atomic mass is 16.5. The largest absolute Gasteiger partial charge is 0.497 e. The number of hydrogen-bond donors (Lipinski definition) is 2. The highest BCUT2D eigenvalue weighted by Gasteiger charge is 2.35. The molecule has 21 heavy (non-hydrogen) atoms. The van der Waals surface area contributed by atoms with Gasteiger partial charge in [-0.3, -0.25) is 10.1 Å². The van der Waals surface area contributed by atoms with E-state index in [4.69, 9.17) is 9.47 Å². The minimum Gasteiger partial charge on any atom is -0.497 e. The van der Waals surface area contributed by atoms with Gasteiger partial charge in [-0.1, -0.05) is 6.07 Å². The van der Waals surface area contributed by atoms with Crippen LogP contribution in [0.3, 0.4) is 0 Å². The molecule has 2 atom stereocenters. The molecule has 0 aliphatic rings. The number of ether oxygens (including phenoxy) is 2. The van der Waals surface area contributed by atoms with Gasteiger partial charge in [0.05, 0.1) is 13.2 Å². The standard InChI is InChI=1S/C16H25NO4/c1-11(2)17-16(4,15(18)19)10-12(3)21-14-8-6-7-13(9-14)20-5/h6-9,11-12,17H,10H2,1-5H3,(H,18,19). The molecule has 0 fully saturated rings. The van der Waals surface area contributed by atoms with Gasteiger partial charge in [-0.2, -0.15) is 0 Å². The average molecular weight is 295 g/mol. The van der Waals surface area contributed by atoms with Crippen molar-refractivity contribution in [3.63, 3.8) is 0 Å². The van der Waals surface area contributed by atoms with Crippen LogP contribution in [0.4, 0.5) is 0 Å². The first-order chi connectivity index (χ1) is 9.76. The van der Waals surface area contributed by atoms with E-state index in [-0.39, 0.29) is 12.1 Å². The molecule has 5 heteroatoms. The van der Waals surface area contributed by atoms with Gasteiger partial charge < -0.3 is 14.6 Å². The second-order valence-electron chi connectivity index (χ2n) is 5.75. The van der Waals surface area contributed by atoms with Crippen molar-refractivity contribution in [1.29, 1.82) is 0 Å². The fourth-order valence-electron chi connectivity index (χ4n) is 2.37. The number of benzene rings is 1. The van der Waals surface area contributed by atoms with Crippen molar-refractivity contribution in [3.8, 4) is 11.5 Å². The summed E-state index contributed by atoms with van der Waals surface area (Å²) in [6.07, 6.45) is 0.113. The minimum absolute atomic E-state index is 0.0788. The fourth-order valence-corrected chi connectivity index (χ4v) is 2.37. The normalized spacial score (nSPS) is 15.3. The van der Waals surface area contributed by atoms with Gasteiger partial charge in [0.1, 0.15) is 17.0 Å². The molecule has 0 amide bonds. The summed E-state index contributed by atoms with van der Waals surface area (Å²) in [6, 6.07) is 7.36. The van der Waals surface area contributed by atoms with Crippen molar-refractivity contribution in [1.82, 2.24) is 5.32 Å². The van der Waals surface area contributed by atoms with E-state index in [0.29, 0.717) is 17.9 Å². The minimum atomic E-state index is -1.02. The molecule has 0 radical (unpaired) electrons. The lowest BCUT2D eigenvalue weighted by Gasteiger charge is -2.31. The molecule has 0 aromatic heterocycles. The quantitative estimate of drug-likeness (QED) is 0.772. The molecule has 1 aromatic rings. The number of hydrogen-bond acceptors (Lipinski definition) is 4. The topological polar surface area (TPSA) is 67.8 Å². The maximum atomic E-state index is 11.5. The van der Waals surface area contributed by atoms with Crippen molar-refractivity contribution in [2.24, 2.45) is 0 Å². The number of aliphatic carboxylic acids is 1. The predicted octanol–water partition coefficient (Wildman–Crippen LogP) is 2.69. The number of carboxylic acids is 1. The second kappa shape index (κ2) is 7.31. The van der Waals surface area contributed by atoms with Crippen molar-refractivity contribution < 1.29 is 19.4 Å². The second-order valence-corrected chi connectivity index (χ2v) is 5.75. The molecule has 0 saturated carbocycles. The smallest absolute Gasteiger partial charge is 0.323 e. The number of carboxylic acid groups (broad SMARTS) is 1. The highest BCUT2D eigenvalue weighted by Crippen LogP contribution is 2.23. The molecule has 118 valence electrons. The molecule has 1 rings (SSSR count). The van der Waals surface area contributed by atoms with Crippen molar-refractivity contribution in [2.75, 3.05) is 7.11 Å². The molecule has 0 aliphatic heterocycles. The van der Waals surface area contributed by atoms with Crippen LogP contribution in [0.5, 0.6) is 11.5 Å². The van der Waals surface area contributed by atoms with Crippen LogP contribution < -0.4 is 14.8 Å². The van der Waals surface area contributed by atoms with E-state index in [2.05, 4.69) is 5.32 Å². The van der Waals surface area contributed by atoms with Gasteiger partial charge in [0.25, 0.3) is 0 Å². The summed E-state index contributed by atoms with van der Waals surface area (Å²) in [5, 5.41) is 12.5. The molecular formula is C16H25NO4. The van der Waals surface area contributed by atoms with Gasteiger partial charge in [-0.05, 0) is 39.8 Å². The molecular weight excluding hydrogens is 270 g/mol. The summed E-state index contributed by atoms with van der Waals surface area (Å²) < 4.78 is 10.9. The average Bonchev–Trinajstić information content (AvgIpc) is 2.37. The summed E-state index contributed by atoms with van der Waals surface area (Å²) in [7, 11) is 1.59. The van der Waals surface area contributed by atoms with Gasteiger partial charge in [0.15, 0.2) is 0 Å². The molecule has 0 saturated heterocycles. The third kappa shape index (κ3) is 5.27. The molecule has 0 heterocycles. The first kappa shape index (κ1) is 17.3. The van der Waals surface area contributed by atoms with E-state index in [1.807, 2.05) is 39.0 Å². The van der Waals surface area contributed by atoms with Crippen molar-refractivity contribution in [2.45, 2.75) is 51.8 Å². The van der Waals surface area contributed by atoms with Crippen LogP contribution in [-0.4, -0.2) is 35.9 Å². The van der Waals surface area contributed by atoms with E-state index in [1.54, 1.807) is 20.1 Å². The van der Waals surface area contributed by atoms with E-state index in [9.17, 15) is 9.90 Å². The SMILES string of the molecule is COc1cccc(OC(C)CC(C)(NC(C)C)C(=O)O)c1. The summed E-state index contributed by atoms with van der Waals surface area (Å²) >= 11 is 0. The number of methoxy groups -OCH3 is 1. The molecule has 0 bridgehead atoms. The first-order valence-corrected chi connectivity index (χ1v) is 7.08. The third-order valence-corrected chi connectivity index (χ3v) is 3.15. The number of carbonyl (C=O) groups is 1. The van der Waals surface area contributed by atoms with Crippen LogP contribution in [0.15, 0.2) is 24.3 Å². The van der Waals surface area contributed by atoms with Crippen LogP contribution in [0.25, 0.3) is 0 Å². The summed E-state index contributed by atoms with van der Waals surface area (Å²) in [5.74, 6) is 0.498. The third-order valence-electron chi connectivity index (χ3n) is 3.15. The van der Waals surface area contributed by atoms with Gasteiger partial charge in [0, 0.05) is 18.5 Å². The van der Waals surface area contributed by atoms with Crippen LogP contribution in [0.2, 0.25) is 0 Å². The van der Waals surface area contributed by atoms with Gasteiger partial charge in [0.2, 0.25) is 0 Å². The monoisotopic (exact) mass is 295 g/mol. The lowest BCUT2D eigenvalue weighted by molar-refractivity contribution is -0.145. The summed E-state index contributed by atoms with van der Waals surface area (Å²) in [4.78, 5) is 11.5. The zero-order valence-electron chi connectivity index (χ0n) is 13.3. The molecule has 2 unspecified atom stereocenters.